The minimum atomic E-state index is 0.189. The molecule has 26 heavy (non-hydrogen) atoms. The van der Waals surface area contributed by atoms with Gasteiger partial charge in [0.05, 0.1) is 5.52 Å². The minimum absolute atomic E-state index is 0.189. The lowest BCUT2D eigenvalue weighted by Gasteiger charge is -2.06. The highest BCUT2D eigenvalue weighted by Gasteiger charge is 2.13. The number of aromatic hydroxyl groups is 1. The Balaban J connectivity index is 1.70. The number of phenols is 1. The van der Waals surface area contributed by atoms with Gasteiger partial charge in [-0.1, -0.05) is 18.2 Å². The van der Waals surface area contributed by atoms with Gasteiger partial charge >= 0.3 is 0 Å². The molecule has 2 aromatic heterocycles. The molecule has 128 valence electrons. The summed E-state index contributed by atoms with van der Waals surface area (Å²) in [4.78, 5) is 20.6. The highest BCUT2D eigenvalue weighted by Crippen LogP contribution is 2.30. The molecule has 2 aromatic carbocycles. The second-order valence-electron chi connectivity index (χ2n) is 5.76. The molecule has 0 aliphatic rings. The third-order valence-corrected chi connectivity index (χ3v) is 4.85. The van der Waals surface area contributed by atoms with E-state index in [9.17, 15) is 9.90 Å². The number of carbonyl (C=O) groups is 1. The second-order valence-corrected chi connectivity index (χ2v) is 6.72. The van der Waals surface area contributed by atoms with E-state index >= 15 is 0 Å². The fourth-order valence-corrected chi connectivity index (χ4v) is 3.40. The molecule has 0 radical (unpaired) electrons. The van der Waals surface area contributed by atoms with Gasteiger partial charge in [-0.2, -0.15) is 0 Å². The summed E-state index contributed by atoms with van der Waals surface area (Å²) in [6.07, 6.45) is 0.796. The number of nitrogens with one attached hydrogen (secondary N) is 1. The molecule has 0 saturated carbocycles. The number of carbonyl (C=O) groups excluding carboxylic acids is 1. The van der Waals surface area contributed by atoms with Gasteiger partial charge in [-0.05, 0) is 54.6 Å². The SMILES string of the molecule is Cc1cccc2cc(C=O)c(Sc3n[nH]c(-c4ccc(O)cc4)n3)nc12. The summed E-state index contributed by atoms with van der Waals surface area (Å²) >= 11 is 1.24. The molecule has 4 rings (SSSR count). The van der Waals surface area contributed by atoms with Crippen LogP contribution in [0.4, 0.5) is 0 Å². The van der Waals surface area contributed by atoms with Crippen molar-refractivity contribution in [2.24, 2.45) is 0 Å². The summed E-state index contributed by atoms with van der Waals surface area (Å²) < 4.78 is 0. The van der Waals surface area contributed by atoms with Crippen molar-refractivity contribution in [2.75, 3.05) is 0 Å². The molecule has 0 bridgehead atoms. The molecule has 0 saturated heterocycles. The first-order chi connectivity index (χ1) is 12.6. The molecule has 2 N–H and O–H groups in total. The highest BCUT2D eigenvalue weighted by molar-refractivity contribution is 7.99. The van der Waals surface area contributed by atoms with E-state index in [-0.39, 0.29) is 5.75 Å². The molecule has 0 unspecified atom stereocenters. The van der Waals surface area contributed by atoms with E-state index in [1.807, 2.05) is 31.2 Å². The lowest BCUT2D eigenvalue weighted by Crippen LogP contribution is -1.93. The Bertz CT molecular complexity index is 1110. The standard InChI is InChI=1S/C19H14N4O2S/c1-11-3-2-4-13-9-14(10-24)18(20-16(11)13)26-19-21-17(22-23-19)12-5-7-15(25)8-6-12/h2-10,25H,1H3,(H,21,22,23). The van der Waals surface area contributed by atoms with Gasteiger partial charge < -0.3 is 5.11 Å². The zero-order valence-electron chi connectivity index (χ0n) is 13.8. The van der Waals surface area contributed by atoms with Crippen LogP contribution in [0.3, 0.4) is 0 Å². The molecule has 0 fully saturated rings. The van der Waals surface area contributed by atoms with E-state index < -0.39 is 0 Å². The number of hydrogen-bond donors (Lipinski definition) is 2. The van der Waals surface area contributed by atoms with E-state index in [1.54, 1.807) is 24.3 Å². The first-order valence-electron chi connectivity index (χ1n) is 7.89. The normalized spacial score (nSPS) is 11.0. The molecular weight excluding hydrogens is 348 g/mol. The highest BCUT2D eigenvalue weighted by atomic mass is 32.2. The predicted molar refractivity (Wildman–Crippen MR) is 99.5 cm³/mol. The maximum Gasteiger partial charge on any atom is 0.215 e. The third-order valence-electron chi connectivity index (χ3n) is 3.96. The molecule has 2 heterocycles. The number of fused-ring (bicyclic) bond motifs is 1. The summed E-state index contributed by atoms with van der Waals surface area (Å²) in [7, 11) is 0. The number of phenolic OH excluding ortho intramolecular Hbond substituents is 1. The van der Waals surface area contributed by atoms with Crippen molar-refractivity contribution in [3.8, 4) is 17.1 Å². The average molecular weight is 362 g/mol. The van der Waals surface area contributed by atoms with Crippen molar-refractivity contribution in [2.45, 2.75) is 17.1 Å². The molecule has 0 atom stereocenters. The van der Waals surface area contributed by atoms with Crippen LogP contribution in [0.15, 0.2) is 58.7 Å². The third kappa shape index (κ3) is 3.04. The molecule has 7 heteroatoms. The fraction of sp³-hybridized carbons (Fsp3) is 0.0526. The topological polar surface area (TPSA) is 91.8 Å². The molecule has 0 aliphatic carbocycles. The first kappa shape index (κ1) is 16.3. The number of aromatic nitrogens is 4. The van der Waals surface area contributed by atoms with Crippen LogP contribution in [-0.2, 0) is 0 Å². The fourth-order valence-electron chi connectivity index (χ4n) is 2.64. The number of nitrogens with zero attached hydrogens (tertiary/aromatic N) is 3. The minimum Gasteiger partial charge on any atom is -0.508 e. The number of para-hydroxylation sites is 1. The Morgan fingerprint density at radius 2 is 1.92 bits per heavy atom. The molecule has 0 amide bonds. The smallest absolute Gasteiger partial charge is 0.215 e. The van der Waals surface area contributed by atoms with Gasteiger partial charge in [0.2, 0.25) is 5.16 Å². The summed E-state index contributed by atoms with van der Waals surface area (Å²) in [5, 5.41) is 18.4. The molecule has 4 aromatic rings. The zero-order chi connectivity index (χ0) is 18.1. The van der Waals surface area contributed by atoms with E-state index in [0.29, 0.717) is 21.6 Å². The zero-order valence-corrected chi connectivity index (χ0v) is 14.6. The lowest BCUT2D eigenvalue weighted by atomic mass is 10.1. The van der Waals surface area contributed by atoms with Gasteiger partial charge in [-0.15, -0.1) is 5.10 Å². The van der Waals surface area contributed by atoms with Crippen LogP contribution in [0.2, 0.25) is 0 Å². The van der Waals surface area contributed by atoms with Crippen molar-refractivity contribution in [3.63, 3.8) is 0 Å². The van der Waals surface area contributed by atoms with Crippen molar-refractivity contribution in [1.82, 2.24) is 20.2 Å². The molecule has 0 spiro atoms. The van der Waals surface area contributed by atoms with Crippen molar-refractivity contribution >= 4 is 29.0 Å². The summed E-state index contributed by atoms with van der Waals surface area (Å²) in [5.41, 5.74) is 3.21. The van der Waals surface area contributed by atoms with Crippen LogP contribution in [0.1, 0.15) is 15.9 Å². The van der Waals surface area contributed by atoms with E-state index in [2.05, 4.69) is 20.2 Å². The Labute approximate surface area is 153 Å². The Hall–Kier alpha value is -3.19. The number of hydrogen-bond acceptors (Lipinski definition) is 6. The number of aryl methyl sites for hydroxylation is 1. The number of H-pyrrole nitrogens is 1. The molecule has 0 aliphatic heterocycles. The van der Waals surface area contributed by atoms with E-state index in [4.69, 9.17) is 0 Å². The quantitative estimate of drug-likeness (QED) is 0.533. The van der Waals surface area contributed by atoms with Crippen molar-refractivity contribution < 1.29 is 9.90 Å². The maximum absolute atomic E-state index is 11.5. The Morgan fingerprint density at radius 1 is 1.12 bits per heavy atom. The monoisotopic (exact) mass is 362 g/mol. The van der Waals surface area contributed by atoms with Crippen LogP contribution in [-0.4, -0.2) is 31.6 Å². The summed E-state index contributed by atoms with van der Waals surface area (Å²) in [6, 6.07) is 14.4. The first-order valence-corrected chi connectivity index (χ1v) is 8.71. The van der Waals surface area contributed by atoms with Crippen LogP contribution in [0.25, 0.3) is 22.3 Å². The lowest BCUT2D eigenvalue weighted by molar-refractivity contribution is 0.112. The van der Waals surface area contributed by atoms with Gasteiger partial charge in [0.15, 0.2) is 12.1 Å². The van der Waals surface area contributed by atoms with Crippen LogP contribution < -0.4 is 0 Å². The second kappa shape index (κ2) is 6.61. The van der Waals surface area contributed by atoms with Crippen LogP contribution >= 0.6 is 11.8 Å². The summed E-state index contributed by atoms with van der Waals surface area (Å²) in [6.45, 7) is 1.99. The average Bonchev–Trinajstić information content (AvgIpc) is 3.11. The number of aldehydes is 1. The van der Waals surface area contributed by atoms with Gasteiger partial charge in [-0.25, -0.2) is 9.97 Å². The van der Waals surface area contributed by atoms with Gasteiger partial charge in [0, 0.05) is 16.5 Å². The Morgan fingerprint density at radius 3 is 2.69 bits per heavy atom. The van der Waals surface area contributed by atoms with Gasteiger partial charge in [0.25, 0.3) is 0 Å². The molecule has 6 nitrogen and oxygen atoms in total. The van der Waals surface area contributed by atoms with E-state index in [1.165, 1.54) is 11.8 Å². The van der Waals surface area contributed by atoms with Crippen molar-refractivity contribution in [3.05, 3.63) is 59.7 Å². The number of rotatable bonds is 4. The largest absolute Gasteiger partial charge is 0.508 e. The predicted octanol–water partition coefficient (Wildman–Crippen LogP) is 4.00. The Kier molecular flexibility index (Phi) is 4.14. The number of aromatic amines is 1. The van der Waals surface area contributed by atoms with Crippen LogP contribution in [0, 0.1) is 6.92 Å². The summed E-state index contributed by atoms with van der Waals surface area (Å²) in [5.74, 6) is 0.770. The number of pyridine rings is 1. The van der Waals surface area contributed by atoms with Crippen LogP contribution in [0.5, 0.6) is 5.75 Å². The van der Waals surface area contributed by atoms with E-state index in [0.717, 1.165) is 28.3 Å². The maximum atomic E-state index is 11.5. The molecular formula is C19H14N4O2S. The van der Waals surface area contributed by atoms with Gasteiger partial charge in [-0.3, -0.25) is 9.89 Å². The number of benzene rings is 2. The van der Waals surface area contributed by atoms with Gasteiger partial charge in [0.1, 0.15) is 10.8 Å². The van der Waals surface area contributed by atoms with Crippen molar-refractivity contribution in [1.29, 1.82) is 0 Å².